The van der Waals surface area contributed by atoms with Gasteiger partial charge >= 0.3 is 6.03 Å². The molecule has 39 heavy (non-hydrogen) atoms. The maximum absolute atomic E-state index is 13.2. The standard InChI is InChI=1S/C31H31N3O5/c1-31(2,3)22-11-13-23(14-12-22)38-17-7-15-33-19-21(25-9-4-5-10-27(25)33)18-26-28(35)32-30(37)34(29(26)36)20-24-8-6-16-39-24/h4-6,8-14,16,18-19H,7,15,17,20H2,1-3H3,(H,32,35,37)/b26-18-. The molecule has 1 aliphatic rings. The Kier molecular flexibility index (Phi) is 7.11. The van der Waals surface area contributed by atoms with E-state index < -0.39 is 17.8 Å². The number of hydrogen-bond acceptors (Lipinski definition) is 5. The first-order chi connectivity index (χ1) is 18.7. The second-order valence-electron chi connectivity index (χ2n) is 10.6. The van der Waals surface area contributed by atoms with Gasteiger partial charge in [-0.1, -0.05) is 51.1 Å². The Labute approximate surface area is 226 Å². The number of amides is 4. The van der Waals surface area contributed by atoms with E-state index in [4.69, 9.17) is 9.15 Å². The number of hydrogen-bond donors (Lipinski definition) is 1. The van der Waals surface area contributed by atoms with Crippen LogP contribution < -0.4 is 10.1 Å². The van der Waals surface area contributed by atoms with E-state index in [9.17, 15) is 14.4 Å². The Bertz CT molecular complexity index is 1540. The van der Waals surface area contributed by atoms with E-state index in [1.807, 2.05) is 42.6 Å². The van der Waals surface area contributed by atoms with E-state index in [1.54, 1.807) is 18.2 Å². The number of rotatable bonds is 8. The molecule has 1 fully saturated rings. The lowest BCUT2D eigenvalue weighted by Gasteiger charge is -2.25. The van der Waals surface area contributed by atoms with Crippen LogP contribution in [0.25, 0.3) is 17.0 Å². The van der Waals surface area contributed by atoms with Crippen LogP contribution in [0.3, 0.4) is 0 Å². The van der Waals surface area contributed by atoms with Crippen LogP contribution in [0.2, 0.25) is 0 Å². The van der Waals surface area contributed by atoms with Crippen molar-refractivity contribution in [2.75, 3.05) is 6.61 Å². The third kappa shape index (κ3) is 5.65. The van der Waals surface area contributed by atoms with Crippen molar-refractivity contribution in [1.29, 1.82) is 0 Å². The lowest BCUT2D eigenvalue weighted by atomic mass is 9.87. The van der Waals surface area contributed by atoms with Crippen molar-refractivity contribution in [3.63, 3.8) is 0 Å². The van der Waals surface area contributed by atoms with Crippen molar-refractivity contribution in [3.05, 3.63) is 95.6 Å². The average molecular weight is 526 g/mol. The molecule has 0 atom stereocenters. The largest absolute Gasteiger partial charge is 0.494 e. The first kappa shape index (κ1) is 26.0. The molecule has 4 amide bonds. The third-order valence-corrected chi connectivity index (χ3v) is 6.73. The van der Waals surface area contributed by atoms with Gasteiger partial charge in [0, 0.05) is 29.2 Å². The first-order valence-electron chi connectivity index (χ1n) is 12.9. The van der Waals surface area contributed by atoms with Crippen molar-refractivity contribution in [3.8, 4) is 5.75 Å². The minimum absolute atomic E-state index is 0.0665. The minimum Gasteiger partial charge on any atom is -0.494 e. The summed E-state index contributed by atoms with van der Waals surface area (Å²) in [7, 11) is 0. The van der Waals surface area contributed by atoms with Gasteiger partial charge in [0.2, 0.25) is 0 Å². The van der Waals surface area contributed by atoms with Crippen molar-refractivity contribution in [2.24, 2.45) is 0 Å². The maximum atomic E-state index is 13.2. The summed E-state index contributed by atoms with van der Waals surface area (Å²) in [6.07, 6.45) is 5.70. The Morgan fingerprint density at radius 2 is 1.74 bits per heavy atom. The van der Waals surface area contributed by atoms with Gasteiger partial charge in [0.05, 0.1) is 19.4 Å². The minimum atomic E-state index is -0.769. The molecule has 0 bridgehead atoms. The van der Waals surface area contributed by atoms with Crippen LogP contribution in [0.1, 0.15) is 44.1 Å². The van der Waals surface area contributed by atoms with E-state index in [2.05, 4.69) is 42.8 Å². The first-order valence-corrected chi connectivity index (χ1v) is 12.9. The Balaban J connectivity index is 1.31. The highest BCUT2D eigenvalue weighted by Gasteiger charge is 2.36. The fourth-order valence-corrected chi connectivity index (χ4v) is 4.60. The van der Waals surface area contributed by atoms with Crippen molar-refractivity contribution >= 4 is 34.8 Å². The fourth-order valence-electron chi connectivity index (χ4n) is 4.60. The molecule has 0 unspecified atom stereocenters. The van der Waals surface area contributed by atoms with Gasteiger partial charge in [0.1, 0.15) is 17.1 Å². The van der Waals surface area contributed by atoms with Crippen LogP contribution in [-0.2, 0) is 28.1 Å². The Morgan fingerprint density at radius 3 is 2.46 bits per heavy atom. The molecule has 0 radical (unpaired) electrons. The molecular formula is C31H31N3O5. The number of furan rings is 1. The summed E-state index contributed by atoms with van der Waals surface area (Å²) in [5.41, 5.74) is 2.94. The molecule has 8 nitrogen and oxygen atoms in total. The van der Waals surface area contributed by atoms with Crippen molar-refractivity contribution in [2.45, 2.75) is 45.7 Å². The number of imide groups is 2. The zero-order valence-corrected chi connectivity index (χ0v) is 22.3. The smallest absolute Gasteiger partial charge is 0.331 e. The SMILES string of the molecule is CC(C)(C)c1ccc(OCCCn2cc(/C=C3/C(=O)NC(=O)N(Cc4ccco4)C3=O)c3ccccc32)cc1. The number of aryl methyl sites for hydroxylation is 1. The molecule has 5 rings (SSSR count). The van der Waals surface area contributed by atoms with E-state index in [1.165, 1.54) is 11.8 Å². The van der Waals surface area contributed by atoms with Gasteiger partial charge in [-0.05, 0) is 53.8 Å². The summed E-state index contributed by atoms with van der Waals surface area (Å²) in [5, 5.41) is 3.16. The maximum Gasteiger partial charge on any atom is 0.331 e. The van der Waals surface area contributed by atoms with Crippen LogP contribution in [0.5, 0.6) is 5.75 Å². The van der Waals surface area contributed by atoms with Crippen LogP contribution in [0.4, 0.5) is 4.79 Å². The second kappa shape index (κ2) is 10.6. The van der Waals surface area contributed by atoms with Crippen LogP contribution >= 0.6 is 0 Å². The number of fused-ring (bicyclic) bond motifs is 1. The van der Waals surface area contributed by atoms with E-state index >= 15 is 0 Å². The quantitative estimate of drug-likeness (QED) is 0.182. The van der Waals surface area contributed by atoms with Gasteiger partial charge in [-0.2, -0.15) is 0 Å². The molecule has 0 spiro atoms. The van der Waals surface area contributed by atoms with Gasteiger partial charge in [0.15, 0.2) is 0 Å². The topological polar surface area (TPSA) is 93.8 Å². The second-order valence-corrected chi connectivity index (χ2v) is 10.6. The number of nitrogens with one attached hydrogen (secondary N) is 1. The van der Waals surface area contributed by atoms with E-state index in [-0.39, 0.29) is 17.5 Å². The van der Waals surface area contributed by atoms with Gasteiger partial charge in [-0.3, -0.25) is 19.8 Å². The van der Waals surface area contributed by atoms with Crippen LogP contribution in [-0.4, -0.2) is 33.9 Å². The zero-order valence-electron chi connectivity index (χ0n) is 22.3. The summed E-state index contributed by atoms with van der Waals surface area (Å²) in [4.78, 5) is 39.1. The number of carbonyl (C=O) groups excluding carboxylic acids is 3. The predicted octanol–water partition coefficient (Wildman–Crippen LogP) is 5.66. The number of ether oxygens (including phenoxy) is 1. The number of para-hydroxylation sites is 1. The Hall–Kier alpha value is -4.59. The predicted molar refractivity (Wildman–Crippen MR) is 148 cm³/mol. The summed E-state index contributed by atoms with van der Waals surface area (Å²) >= 11 is 0. The van der Waals surface area contributed by atoms with Crippen molar-refractivity contribution < 1.29 is 23.5 Å². The van der Waals surface area contributed by atoms with Crippen molar-refractivity contribution in [1.82, 2.24) is 14.8 Å². The summed E-state index contributed by atoms with van der Waals surface area (Å²) in [6.45, 7) is 7.71. The molecule has 200 valence electrons. The average Bonchev–Trinajstić information content (AvgIpc) is 3.55. The zero-order chi connectivity index (χ0) is 27.6. The summed E-state index contributed by atoms with van der Waals surface area (Å²) < 4.78 is 13.3. The van der Waals surface area contributed by atoms with Gasteiger partial charge in [0.25, 0.3) is 11.8 Å². The van der Waals surface area contributed by atoms with Gasteiger partial charge < -0.3 is 13.7 Å². The molecule has 1 saturated heterocycles. The van der Waals surface area contributed by atoms with Crippen LogP contribution in [0.15, 0.2) is 83.1 Å². The molecule has 1 aliphatic heterocycles. The summed E-state index contributed by atoms with van der Waals surface area (Å²) in [5.74, 6) is -0.108. The number of nitrogens with zero attached hydrogens (tertiary/aromatic N) is 2. The number of barbiturate groups is 1. The highest BCUT2D eigenvalue weighted by molar-refractivity contribution is 6.31. The normalized spacial score (nSPS) is 15.3. The molecule has 1 N–H and O–H groups in total. The molecule has 4 aromatic rings. The van der Waals surface area contributed by atoms with Gasteiger partial charge in [-0.25, -0.2) is 4.79 Å². The van der Waals surface area contributed by atoms with Crippen LogP contribution in [0, 0.1) is 0 Å². The molecule has 2 aromatic heterocycles. The molecule has 2 aromatic carbocycles. The molecule has 0 saturated carbocycles. The molecule has 0 aliphatic carbocycles. The lowest BCUT2D eigenvalue weighted by Crippen LogP contribution is -2.53. The highest BCUT2D eigenvalue weighted by Crippen LogP contribution is 2.27. The molecule has 8 heteroatoms. The third-order valence-electron chi connectivity index (χ3n) is 6.73. The highest BCUT2D eigenvalue weighted by atomic mass is 16.5. The monoisotopic (exact) mass is 525 g/mol. The summed E-state index contributed by atoms with van der Waals surface area (Å²) in [6, 6.07) is 18.6. The molecule has 3 heterocycles. The lowest BCUT2D eigenvalue weighted by molar-refractivity contribution is -0.130. The fraction of sp³-hybridized carbons (Fsp3) is 0.258. The van der Waals surface area contributed by atoms with E-state index in [0.717, 1.165) is 33.5 Å². The van der Waals surface area contributed by atoms with E-state index in [0.29, 0.717) is 18.9 Å². The molecular weight excluding hydrogens is 494 g/mol. The number of aromatic nitrogens is 1. The van der Waals surface area contributed by atoms with Gasteiger partial charge in [-0.15, -0.1) is 0 Å². The number of carbonyl (C=O) groups is 3. The number of urea groups is 1. The Morgan fingerprint density at radius 1 is 0.974 bits per heavy atom. The number of benzene rings is 2.